The van der Waals surface area contributed by atoms with Crippen molar-refractivity contribution < 1.29 is 19.5 Å². The number of aromatic carboxylic acids is 1. The number of nitrogens with one attached hydrogen (secondary N) is 1. The molecule has 8 heteroatoms. The summed E-state index contributed by atoms with van der Waals surface area (Å²) in [6.07, 6.45) is 1.64. The summed E-state index contributed by atoms with van der Waals surface area (Å²) in [5, 5.41) is 11.1. The second-order valence-electron chi connectivity index (χ2n) is 5.07. The van der Waals surface area contributed by atoms with Gasteiger partial charge in [-0.15, -0.1) is 0 Å². The van der Waals surface area contributed by atoms with E-state index in [1.54, 1.807) is 11.0 Å². The molecule has 110 valence electrons. The van der Waals surface area contributed by atoms with Crippen LogP contribution >= 0.6 is 0 Å². The van der Waals surface area contributed by atoms with Crippen LogP contribution in [0.2, 0.25) is 0 Å². The van der Waals surface area contributed by atoms with Crippen LogP contribution in [0.1, 0.15) is 16.8 Å². The van der Waals surface area contributed by atoms with Crippen molar-refractivity contribution in [2.45, 2.75) is 12.5 Å². The van der Waals surface area contributed by atoms with Crippen LogP contribution in [0.25, 0.3) is 0 Å². The van der Waals surface area contributed by atoms with Crippen molar-refractivity contribution in [1.29, 1.82) is 0 Å². The Balaban J connectivity index is 1.59. The van der Waals surface area contributed by atoms with Crippen molar-refractivity contribution in [1.82, 2.24) is 15.2 Å². The Bertz CT molecular complexity index is 595. The zero-order valence-electron chi connectivity index (χ0n) is 11.2. The van der Waals surface area contributed by atoms with Crippen molar-refractivity contribution in [3.8, 4) is 0 Å². The Labute approximate surface area is 120 Å². The Morgan fingerprint density at radius 3 is 2.67 bits per heavy atom. The lowest BCUT2D eigenvalue weighted by Crippen LogP contribution is -2.65. The molecule has 3 amide bonds. The van der Waals surface area contributed by atoms with E-state index in [4.69, 9.17) is 5.11 Å². The maximum atomic E-state index is 11.7. The summed E-state index contributed by atoms with van der Waals surface area (Å²) in [5.74, 6) is -0.562. The van der Waals surface area contributed by atoms with E-state index < -0.39 is 5.97 Å². The van der Waals surface area contributed by atoms with Gasteiger partial charge in [0.25, 0.3) is 0 Å². The molecule has 0 unspecified atom stereocenters. The van der Waals surface area contributed by atoms with Gasteiger partial charge in [0.2, 0.25) is 5.91 Å². The van der Waals surface area contributed by atoms with Gasteiger partial charge in [-0.2, -0.15) is 0 Å². The number of hydrogen-bond acceptors (Lipinski definition) is 5. The van der Waals surface area contributed by atoms with E-state index in [0.29, 0.717) is 31.9 Å². The Morgan fingerprint density at radius 2 is 2.10 bits per heavy atom. The number of pyridine rings is 1. The van der Waals surface area contributed by atoms with Crippen LogP contribution in [0.3, 0.4) is 0 Å². The lowest BCUT2D eigenvalue weighted by atomic mass is 10.1. The summed E-state index contributed by atoms with van der Waals surface area (Å²) in [5.41, 5.74) is 0.143. The van der Waals surface area contributed by atoms with Crippen molar-refractivity contribution in [3.63, 3.8) is 0 Å². The van der Waals surface area contributed by atoms with Crippen molar-refractivity contribution >= 4 is 23.7 Å². The van der Waals surface area contributed by atoms with Gasteiger partial charge in [0.1, 0.15) is 5.82 Å². The molecule has 3 heterocycles. The van der Waals surface area contributed by atoms with Crippen molar-refractivity contribution in [3.05, 3.63) is 23.9 Å². The molecule has 8 nitrogen and oxygen atoms in total. The first-order valence-electron chi connectivity index (χ1n) is 6.59. The van der Waals surface area contributed by atoms with E-state index in [-0.39, 0.29) is 23.5 Å². The fourth-order valence-electron chi connectivity index (χ4n) is 2.46. The first kappa shape index (κ1) is 13.3. The van der Waals surface area contributed by atoms with Gasteiger partial charge in [-0.05, 0) is 12.1 Å². The molecule has 2 fully saturated rings. The number of amides is 3. The Hall–Kier alpha value is -2.64. The van der Waals surface area contributed by atoms with E-state index in [9.17, 15) is 14.4 Å². The average Bonchev–Trinajstić information content (AvgIpc) is 2.40. The van der Waals surface area contributed by atoms with Gasteiger partial charge in [0.05, 0.1) is 11.6 Å². The van der Waals surface area contributed by atoms with Crippen molar-refractivity contribution in [2.75, 3.05) is 24.5 Å². The number of carboxylic acids is 1. The number of imide groups is 1. The third kappa shape index (κ3) is 2.51. The number of hydrogen-bond donors (Lipinski definition) is 2. The molecular formula is C13H14N4O4. The highest BCUT2D eigenvalue weighted by atomic mass is 16.4. The number of carbonyl (C=O) groups is 3. The molecule has 2 N–H and O–H groups in total. The quantitative estimate of drug-likeness (QED) is 0.806. The number of aromatic nitrogens is 1. The molecule has 0 bridgehead atoms. The lowest BCUT2D eigenvalue weighted by molar-refractivity contribution is -0.121. The molecule has 0 aromatic carbocycles. The smallest absolute Gasteiger partial charge is 0.337 e. The van der Waals surface area contributed by atoms with Crippen LogP contribution in [0.5, 0.6) is 0 Å². The molecule has 0 saturated carbocycles. The molecule has 2 saturated heterocycles. The average molecular weight is 290 g/mol. The van der Waals surface area contributed by atoms with Crippen LogP contribution in [0.4, 0.5) is 10.6 Å². The molecule has 2 aliphatic heterocycles. The summed E-state index contributed by atoms with van der Waals surface area (Å²) >= 11 is 0. The third-order valence-corrected chi connectivity index (χ3v) is 3.71. The number of nitrogens with zero attached hydrogens (tertiary/aromatic N) is 3. The number of anilines is 1. The van der Waals surface area contributed by atoms with E-state index in [0.717, 1.165) is 0 Å². The molecular weight excluding hydrogens is 276 g/mol. The maximum Gasteiger partial charge on any atom is 0.337 e. The molecule has 1 aromatic rings. The predicted molar refractivity (Wildman–Crippen MR) is 72.1 cm³/mol. The highest BCUT2D eigenvalue weighted by Crippen LogP contribution is 2.23. The maximum absolute atomic E-state index is 11.7. The summed E-state index contributed by atoms with van der Waals surface area (Å²) in [4.78, 5) is 41.3. The second kappa shape index (κ2) is 5.04. The summed E-state index contributed by atoms with van der Waals surface area (Å²) in [6, 6.07) is 2.87. The van der Waals surface area contributed by atoms with E-state index in [2.05, 4.69) is 10.3 Å². The summed E-state index contributed by atoms with van der Waals surface area (Å²) in [6.45, 7) is 1.69. The summed E-state index contributed by atoms with van der Waals surface area (Å²) < 4.78 is 0. The molecule has 3 rings (SSSR count). The third-order valence-electron chi connectivity index (χ3n) is 3.71. The van der Waals surface area contributed by atoms with Gasteiger partial charge >= 0.3 is 12.0 Å². The Morgan fingerprint density at radius 1 is 1.33 bits per heavy atom. The van der Waals surface area contributed by atoms with Crippen LogP contribution in [0, 0.1) is 0 Å². The molecule has 2 aliphatic rings. The monoisotopic (exact) mass is 290 g/mol. The fraction of sp³-hybridized carbons (Fsp3) is 0.385. The zero-order valence-corrected chi connectivity index (χ0v) is 11.2. The lowest BCUT2D eigenvalue weighted by Gasteiger charge is -2.46. The minimum Gasteiger partial charge on any atom is -0.478 e. The minimum absolute atomic E-state index is 0.0547. The van der Waals surface area contributed by atoms with Gasteiger partial charge in [-0.3, -0.25) is 10.1 Å². The highest BCUT2D eigenvalue weighted by Gasteiger charge is 2.37. The molecule has 0 atom stereocenters. The zero-order chi connectivity index (χ0) is 15.0. The van der Waals surface area contributed by atoms with Gasteiger partial charge in [-0.1, -0.05) is 0 Å². The molecule has 1 aromatic heterocycles. The fourth-order valence-corrected chi connectivity index (χ4v) is 2.46. The highest BCUT2D eigenvalue weighted by molar-refractivity contribution is 5.96. The summed E-state index contributed by atoms with van der Waals surface area (Å²) in [7, 11) is 0. The van der Waals surface area contributed by atoms with Gasteiger partial charge in [0, 0.05) is 32.3 Å². The first-order chi connectivity index (χ1) is 10.0. The van der Waals surface area contributed by atoms with Crippen LogP contribution in [-0.4, -0.2) is 58.6 Å². The number of carbonyl (C=O) groups excluding carboxylic acids is 2. The normalized spacial score (nSPS) is 19.2. The number of carboxylic acid groups (broad SMARTS) is 1. The van der Waals surface area contributed by atoms with Gasteiger partial charge in [0.15, 0.2) is 0 Å². The Kier molecular flexibility index (Phi) is 3.20. The van der Waals surface area contributed by atoms with E-state index >= 15 is 0 Å². The molecule has 0 spiro atoms. The molecule has 21 heavy (non-hydrogen) atoms. The minimum atomic E-state index is -1.01. The topological polar surface area (TPSA) is 103 Å². The second-order valence-corrected chi connectivity index (χ2v) is 5.07. The molecule has 0 aliphatic carbocycles. The number of urea groups is 1. The van der Waals surface area contributed by atoms with Crippen LogP contribution in [-0.2, 0) is 4.79 Å². The van der Waals surface area contributed by atoms with Gasteiger partial charge < -0.3 is 14.9 Å². The van der Waals surface area contributed by atoms with Crippen LogP contribution < -0.4 is 10.2 Å². The molecule has 0 radical (unpaired) electrons. The largest absolute Gasteiger partial charge is 0.478 e. The van der Waals surface area contributed by atoms with Crippen molar-refractivity contribution in [2.24, 2.45) is 0 Å². The first-order valence-corrected chi connectivity index (χ1v) is 6.59. The standard InChI is InChI=1S/C13H14N4O4/c18-11-3-4-17(13(21)15-11)9-6-16(7-9)10-2-1-8(5-14-10)12(19)20/h1-2,5,9H,3-4,6-7H2,(H,19,20)(H,15,18,21). The van der Waals surface area contributed by atoms with Gasteiger partial charge in [-0.25, -0.2) is 14.6 Å². The SMILES string of the molecule is O=C1CCN(C2CN(c3ccc(C(=O)O)cn3)C2)C(=O)N1. The number of rotatable bonds is 3. The predicted octanol–water partition coefficient (Wildman–Crippen LogP) is -0.0897. The van der Waals surface area contributed by atoms with E-state index in [1.807, 2.05) is 4.90 Å². The van der Waals surface area contributed by atoms with Crippen LogP contribution in [0.15, 0.2) is 18.3 Å². The van der Waals surface area contributed by atoms with E-state index in [1.165, 1.54) is 12.3 Å².